The van der Waals surface area contributed by atoms with Crippen LogP contribution in [0.1, 0.15) is 23.6 Å². The number of nitrogens with zero attached hydrogens (tertiary/aromatic N) is 2. The van der Waals surface area contributed by atoms with Gasteiger partial charge in [0.25, 0.3) is 0 Å². The highest BCUT2D eigenvalue weighted by Gasteiger charge is 2.24. The van der Waals surface area contributed by atoms with Crippen LogP contribution in [0.4, 0.5) is 5.82 Å². The van der Waals surface area contributed by atoms with Gasteiger partial charge in [0.2, 0.25) is 0 Å². The number of aryl methyl sites for hydroxylation is 1. The highest BCUT2D eigenvalue weighted by atomic mass is 32.1. The van der Waals surface area contributed by atoms with Crippen molar-refractivity contribution in [1.82, 2.24) is 9.78 Å². The first-order valence-corrected chi connectivity index (χ1v) is 8.14. The number of thiophene rings is 1. The zero-order chi connectivity index (χ0) is 14.2. The quantitative estimate of drug-likeness (QED) is 0.763. The Kier molecular flexibility index (Phi) is 3.04. The van der Waals surface area contributed by atoms with E-state index in [2.05, 4.69) is 64.8 Å². The lowest BCUT2D eigenvalue weighted by Crippen LogP contribution is -2.24. The van der Waals surface area contributed by atoms with Crippen LogP contribution in [0.3, 0.4) is 0 Å². The molecule has 4 heteroatoms. The van der Waals surface area contributed by atoms with Crippen LogP contribution in [0.25, 0.3) is 10.6 Å². The molecule has 21 heavy (non-hydrogen) atoms. The second kappa shape index (κ2) is 5.04. The number of hydrogen-bond acceptors (Lipinski definition) is 3. The maximum absolute atomic E-state index is 4.86. The van der Waals surface area contributed by atoms with E-state index in [9.17, 15) is 0 Å². The van der Waals surface area contributed by atoms with Crippen molar-refractivity contribution < 1.29 is 0 Å². The van der Waals surface area contributed by atoms with Gasteiger partial charge >= 0.3 is 0 Å². The summed E-state index contributed by atoms with van der Waals surface area (Å²) in [5, 5.41) is 10.4. The first-order chi connectivity index (χ1) is 10.3. The van der Waals surface area contributed by atoms with Crippen molar-refractivity contribution in [1.29, 1.82) is 0 Å². The number of nitrogens with one attached hydrogen (secondary N) is 1. The summed E-state index contributed by atoms with van der Waals surface area (Å²) in [6.45, 7) is 3.18. The molecule has 1 unspecified atom stereocenters. The zero-order valence-electron chi connectivity index (χ0n) is 11.9. The molecule has 3 heterocycles. The Morgan fingerprint density at radius 3 is 2.95 bits per heavy atom. The lowest BCUT2D eigenvalue weighted by molar-refractivity contribution is 0.481. The summed E-state index contributed by atoms with van der Waals surface area (Å²) >= 11 is 1.74. The first-order valence-electron chi connectivity index (χ1n) is 7.26. The van der Waals surface area contributed by atoms with Gasteiger partial charge in [-0.05, 0) is 35.9 Å². The Morgan fingerprint density at radius 2 is 2.14 bits per heavy atom. The molecule has 0 saturated heterocycles. The van der Waals surface area contributed by atoms with Crippen molar-refractivity contribution in [2.24, 2.45) is 0 Å². The molecule has 0 aliphatic carbocycles. The summed E-state index contributed by atoms with van der Waals surface area (Å²) < 4.78 is 2.15. The third-order valence-electron chi connectivity index (χ3n) is 4.08. The molecule has 1 atom stereocenters. The molecule has 0 saturated carbocycles. The van der Waals surface area contributed by atoms with E-state index in [1.165, 1.54) is 16.0 Å². The van der Waals surface area contributed by atoms with E-state index in [1.54, 1.807) is 11.3 Å². The molecular weight excluding hydrogens is 278 g/mol. The minimum absolute atomic E-state index is 0.330. The number of anilines is 1. The fourth-order valence-corrected chi connectivity index (χ4v) is 3.70. The summed E-state index contributed by atoms with van der Waals surface area (Å²) in [6, 6.07) is 15.3. The van der Waals surface area contributed by atoms with Crippen LogP contribution < -0.4 is 5.32 Å². The SMILES string of the molecule is Cc1ccccc1C1CCNc2cc(-c3cccs3)nn21. The minimum Gasteiger partial charge on any atom is -0.370 e. The summed E-state index contributed by atoms with van der Waals surface area (Å²) in [5.41, 5.74) is 3.78. The Morgan fingerprint density at radius 1 is 1.24 bits per heavy atom. The highest BCUT2D eigenvalue weighted by molar-refractivity contribution is 7.13. The van der Waals surface area contributed by atoms with Crippen molar-refractivity contribution in [3.05, 3.63) is 59.0 Å². The maximum atomic E-state index is 4.86. The summed E-state index contributed by atoms with van der Waals surface area (Å²) in [5.74, 6) is 1.12. The van der Waals surface area contributed by atoms with Crippen LogP contribution in [0, 0.1) is 6.92 Å². The molecular formula is C17H17N3S. The van der Waals surface area contributed by atoms with E-state index in [1.807, 2.05) is 0 Å². The van der Waals surface area contributed by atoms with Crippen molar-refractivity contribution >= 4 is 17.2 Å². The molecule has 3 aromatic rings. The van der Waals surface area contributed by atoms with Gasteiger partial charge in [-0.1, -0.05) is 30.3 Å². The number of benzene rings is 1. The Balaban J connectivity index is 1.80. The van der Waals surface area contributed by atoms with Crippen LogP contribution in [0.2, 0.25) is 0 Å². The molecule has 1 aromatic carbocycles. The molecule has 1 N–H and O–H groups in total. The molecule has 0 radical (unpaired) electrons. The van der Waals surface area contributed by atoms with Crippen LogP contribution in [0.15, 0.2) is 47.8 Å². The van der Waals surface area contributed by atoms with E-state index in [4.69, 9.17) is 5.10 Å². The number of rotatable bonds is 2. The normalized spacial score (nSPS) is 17.3. The van der Waals surface area contributed by atoms with Gasteiger partial charge in [0.1, 0.15) is 11.5 Å². The monoisotopic (exact) mass is 295 g/mol. The lowest BCUT2D eigenvalue weighted by Gasteiger charge is -2.27. The lowest BCUT2D eigenvalue weighted by atomic mass is 9.98. The Hall–Kier alpha value is -2.07. The molecule has 3 nitrogen and oxygen atoms in total. The predicted octanol–water partition coefficient (Wildman–Crippen LogP) is 4.33. The minimum atomic E-state index is 0.330. The van der Waals surface area contributed by atoms with Crippen molar-refractivity contribution in [2.45, 2.75) is 19.4 Å². The highest BCUT2D eigenvalue weighted by Crippen LogP contribution is 2.34. The van der Waals surface area contributed by atoms with E-state index in [0.29, 0.717) is 6.04 Å². The van der Waals surface area contributed by atoms with E-state index >= 15 is 0 Å². The fourth-order valence-electron chi connectivity index (χ4n) is 3.02. The van der Waals surface area contributed by atoms with Crippen LogP contribution in [-0.2, 0) is 0 Å². The first kappa shape index (κ1) is 12.7. The van der Waals surface area contributed by atoms with Crippen LogP contribution in [0.5, 0.6) is 0 Å². The molecule has 0 bridgehead atoms. The Bertz CT molecular complexity index is 758. The molecule has 0 fully saturated rings. The second-order valence-corrected chi connectivity index (χ2v) is 6.37. The average Bonchev–Trinajstić information content (AvgIpc) is 3.16. The van der Waals surface area contributed by atoms with Crippen molar-refractivity contribution in [3.63, 3.8) is 0 Å². The predicted molar refractivity (Wildman–Crippen MR) is 88.0 cm³/mol. The number of fused-ring (bicyclic) bond motifs is 1. The van der Waals surface area contributed by atoms with Crippen molar-refractivity contribution in [2.75, 3.05) is 11.9 Å². The molecule has 1 aliphatic heterocycles. The molecule has 1 aliphatic rings. The van der Waals surface area contributed by atoms with Gasteiger partial charge < -0.3 is 5.32 Å². The van der Waals surface area contributed by atoms with Gasteiger partial charge in [0.05, 0.1) is 10.9 Å². The van der Waals surface area contributed by atoms with Crippen LogP contribution >= 0.6 is 11.3 Å². The van der Waals surface area contributed by atoms with Gasteiger partial charge in [0.15, 0.2) is 0 Å². The van der Waals surface area contributed by atoms with Gasteiger partial charge in [-0.2, -0.15) is 5.10 Å². The summed E-state index contributed by atoms with van der Waals surface area (Å²) in [6.07, 6.45) is 1.07. The third-order valence-corrected chi connectivity index (χ3v) is 4.97. The van der Waals surface area contributed by atoms with Gasteiger partial charge in [0, 0.05) is 12.6 Å². The van der Waals surface area contributed by atoms with E-state index in [-0.39, 0.29) is 0 Å². The second-order valence-electron chi connectivity index (χ2n) is 5.42. The average molecular weight is 295 g/mol. The topological polar surface area (TPSA) is 29.9 Å². The van der Waals surface area contributed by atoms with E-state index < -0.39 is 0 Å². The zero-order valence-corrected chi connectivity index (χ0v) is 12.7. The Labute approximate surface area is 128 Å². The maximum Gasteiger partial charge on any atom is 0.125 e. The third kappa shape index (κ3) is 2.16. The summed E-state index contributed by atoms with van der Waals surface area (Å²) in [7, 11) is 0. The molecule has 2 aromatic heterocycles. The standard InChI is InChI=1S/C17H17N3S/c1-12-5-2-3-6-13(12)15-8-9-18-17-11-14(19-20(15)17)16-7-4-10-21-16/h2-7,10-11,15,18H,8-9H2,1H3. The van der Waals surface area contributed by atoms with Gasteiger partial charge in [-0.15, -0.1) is 11.3 Å². The van der Waals surface area contributed by atoms with Crippen LogP contribution in [-0.4, -0.2) is 16.3 Å². The smallest absolute Gasteiger partial charge is 0.125 e. The van der Waals surface area contributed by atoms with Gasteiger partial charge in [-0.25, -0.2) is 4.68 Å². The number of hydrogen-bond donors (Lipinski definition) is 1. The van der Waals surface area contributed by atoms with E-state index in [0.717, 1.165) is 24.5 Å². The van der Waals surface area contributed by atoms with Crippen molar-refractivity contribution in [3.8, 4) is 10.6 Å². The fraction of sp³-hybridized carbons (Fsp3) is 0.235. The molecule has 0 spiro atoms. The number of aromatic nitrogens is 2. The summed E-state index contributed by atoms with van der Waals surface area (Å²) in [4.78, 5) is 1.22. The molecule has 106 valence electrons. The molecule has 4 rings (SSSR count). The van der Waals surface area contributed by atoms with Gasteiger partial charge in [-0.3, -0.25) is 0 Å². The largest absolute Gasteiger partial charge is 0.370 e. The molecule has 0 amide bonds.